The van der Waals surface area contributed by atoms with E-state index in [-0.39, 0.29) is 17.2 Å². The van der Waals surface area contributed by atoms with E-state index >= 15 is 0 Å². The Morgan fingerprint density at radius 3 is 2.16 bits per heavy atom. The van der Waals surface area contributed by atoms with Gasteiger partial charge in [-0.1, -0.05) is 32.4 Å². The first-order valence-corrected chi connectivity index (χ1v) is 10.9. The molecule has 0 bridgehead atoms. The van der Waals surface area contributed by atoms with E-state index in [1.54, 1.807) is 31.4 Å². The Labute approximate surface area is 194 Å². The second kappa shape index (κ2) is 9.69. The van der Waals surface area contributed by atoms with Gasteiger partial charge in [0.25, 0.3) is 5.91 Å². The Morgan fingerprint density at radius 2 is 1.59 bits per heavy atom. The maximum absolute atomic E-state index is 12.7. The second-order valence-corrected chi connectivity index (χ2v) is 9.13. The maximum Gasteiger partial charge on any atom is 0.255 e. The summed E-state index contributed by atoms with van der Waals surface area (Å²) in [6.07, 6.45) is 0. The predicted molar refractivity (Wildman–Crippen MR) is 127 cm³/mol. The number of ether oxygens (including phenoxy) is 2. The van der Waals surface area contributed by atoms with Crippen molar-refractivity contribution in [3.63, 3.8) is 0 Å². The number of nitrogens with zero attached hydrogens (tertiary/aromatic N) is 2. The minimum absolute atomic E-state index is 0.163. The summed E-state index contributed by atoms with van der Waals surface area (Å²) in [6, 6.07) is 10.4. The van der Waals surface area contributed by atoms with Gasteiger partial charge in [-0.25, -0.2) is 0 Å². The third-order valence-corrected chi connectivity index (χ3v) is 5.70. The van der Waals surface area contributed by atoms with Crippen LogP contribution in [-0.2, 0) is 4.79 Å². The highest BCUT2D eigenvalue weighted by Gasteiger charge is 2.30. The van der Waals surface area contributed by atoms with E-state index in [0.717, 1.165) is 5.69 Å². The minimum Gasteiger partial charge on any atom is -0.493 e. The molecule has 0 aromatic heterocycles. The van der Waals surface area contributed by atoms with Crippen molar-refractivity contribution in [3.8, 4) is 11.5 Å². The van der Waals surface area contributed by atoms with Crippen molar-refractivity contribution < 1.29 is 19.1 Å². The van der Waals surface area contributed by atoms with Crippen molar-refractivity contribution in [1.82, 2.24) is 4.90 Å². The van der Waals surface area contributed by atoms with Crippen molar-refractivity contribution in [2.75, 3.05) is 50.6 Å². The normalized spacial score (nSPS) is 14.2. The number of carbonyl (C=O) groups excluding carboxylic acids is 2. The fourth-order valence-electron chi connectivity index (χ4n) is 3.65. The predicted octanol–water partition coefficient (Wildman–Crippen LogP) is 4.30. The van der Waals surface area contributed by atoms with E-state index in [9.17, 15) is 9.59 Å². The van der Waals surface area contributed by atoms with Crippen molar-refractivity contribution in [1.29, 1.82) is 0 Å². The van der Waals surface area contributed by atoms with Crippen molar-refractivity contribution in [2.45, 2.75) is 20.8 Å². The quantitative estimate of drug-likeness (QED) is 0.721. The van der Waals surface area contributed by atoms with Crippen molar-refractivity contribution >= 4 is 34.8 Å². The Bertz CT molecular complexity index is 995. The zero-order valence-corrected chi connectivity index (χ0v) is 20.0. The molecule has 0 unspecified atom stereocenters. The molecule has 172 valence electrons. The molecule has 2 amide bonds. The molecule has 3 rings (SSSR count). The van der Waals surface area contributed by atoms with Gasteiger partial charge in [-0.2, -0.15) is 0 Å². The number of piperazine rings is 1. The summed E-state index contributed by atoms with van der Waals surface area (Å²) in [4.78, 5) is 29.2. The van der Waals surface area contributed by atoms with E-state index in [4.69, 9.17) is 21.1 Å². The van der Waals surface area contributed by atoms with Crippen LogP contribution in [0.15, 0.2) is 36.4 Å². The van der Waals surface area contributed by atoms with Crippen LogP contribution >= 0.6 is 11.6 Å². The number of anilines is 2. The second-order valence-electron chi connectivity index (χ2n) is 8.72. The summed E-state index contributed by atoms with van der Waals surface area (Å²) in [7, 11) is 3.07. The van der Waals surface area contributed by atoms with E-state index in [1.807, 2.05) is 37.8 Å². The largest absolute Gasteiger partial charge is 0.493 e. The average Bonchev–Trinajstić information content (AvgIpc) is 2.77. The van der Waals surface area contributed by atoms with E-state index in [2.05, 4.69) is 10.2 Å². The van der Waals surface area contributed by atoms with Crippen LogP contribution in [0.1, 0.15) is 31.1 Å². The Kier molecular flexibility index (Phi) is 7.19. The van der Waals surface area contributed by atoms with Gasteiger partial charge in [-0.05, 0) is 36.4 Å². The Morgan fingerprint density at radius 1 is 0.938 bits per heavy atom. The molecule has 0 radical (unpaired) electrons. The summed E-state index contributed by atoms with van der Waals surface area (Å²) in [6.45, 7) is 8.54. The minimum atomic E-state index is -0.381. The number of rotatable bonds is 5. The molecule has 0 saturated carbocycles. The number of benzene rings is 2. The lowest BCUT2D eigenvalue weighted by Gasteiger charge is -2.39. The summed E-state index contributed by atoms with van der Waals surface area (Å²) in [5.74, 6) is 0.930. The molecule has 1 saturated heterocycles. The molecule has 0 spiro atoms. The fraction of sp³-hybridized carbons (Fsp3) is 0.417. The Hall–Kier alpha value is -2.93. The number of halogens is 1. The lowest BCUT2D eigenvalue weighted by molar-refractivity contribution is -0.139. The van der Waals surface area contributed by atoms with Crippen molar-refractivity contribution in [3.05, 3.63) is 47.0 Å². The lowest BCUT2D eigenvalue weighted by Crippen LogP contribution is -2.51. The molecule has 2 aromatic rings. The van der Waals surface area contributed by atoms with E-state index in [1.165, 1.54) is 7.11 Å². The molecule has 7 nitrogen and oxygen atoms in total. The van der Waals surface area contributed by atoms with Gasteiger partial charge < -0.3 is 24.6 Å². The van der Waals surface area contributed by atoms with Gasteiger partial charge in [0.2, 0.25) is 5.91 Å². The molecule has 1 fully saturated rings. The van der Waals surface area contributed by atoms with Crippen LogP contribution in [0, 0.1) is 5.41 Å². The number of hydrogen-bond donors (Lipinski definition) is 1. The zero-order chi connectivity index (χ0) is 23.5. The van der Waals surface area contributed by atoms with Gasteiger partial charge in [0.05, 0.1) is 24.9 Å². The summed E-state index contributed by atoms with van der Waals surface area (Å²) < 4.78 is 10.5. The number of amides is 2. The van der Waals surface area contributed by atoms with Crippen LogP contribution in [0.5, 0.6) is 11.5 Å². The number of methoxy groups -OCH3 is 2. The first-order chi connectivity index (χ1) is 15.1. The SMILES string of the molecule is COc1ccc(C(=O)Nc2ccc(N3CCN(C(=O)C(C)(C)C)CC3)c(Cl)c2)cc1OC. The Balaban J connectivity index is 1.66. The van der Waals surface area contributed by atoms with E-state index < -0.39 is 0 Å². The molecular formula is C24H30ClN3O4. The molecule has 1 N–H and O–H groups in total. The fourth-order valence-corrected chi connectivity index (χ4v) is 3.95. The van der Waals surface area contributed by atoms with Crippen LogP contribution in [0.4, 0.5) is 11.4 Å². The van der Waals surface area contributed by atoms with Crippen LogP contribution in [0.3, 0.4) is 0 Å². The molecule has 2 aromatic carbocycles. The van der Waals surface area contributed by atoms with Gasteiger partial charge in [0.15, 0.2) is 11.5 Å². The van der Waals surface area contributed by atoms with Gasteiger partial charge in [-0.15, -0.1) is 0 Å². The summed E-state index contributed by atoms with van der Waals surface area (Å²) >= 11 is 6.54. The molecule has 1 aliphatic rings. The molecule has 8 heteroatoms. The van der Waals surface area contributed by atoms with Gasteiger partial charge in [0.1, 0.15) is 0 Å². The van der Waals surface area contributed by atoms with Crippen LogP contribution < -0.4 is 19.7 Å². The van der Waals surface area contributed by atoms with Crippen molar-refractivity contribution in [2.24, 2.45) is 5.41 Å². The van der Waals surface area contributed by atoms with Crippen LogP contribution in [0.25, 0.3) is 0 Å². The highest BCUT2D eigenvalue weighted by Crippen LogP contribution is 2.31. The number of carbonyl (C=O) groups is 2. The van der Waals surface area contributed by atoms with E-state index in [0.29, 0.717) is 54.0 Å². The first kappa shape index (κ1) is 23.7. The maximum atomic E-state index is 12.7. The third-order valence-electron chi connectivity index (χ3n) is 5.40. The molecule has 1 aliphatic heterocycles. The van der Waals surface area contributed by atoms with Gasteiger partial charge >= 0.3 is 0 Å². The molecule has 32 heavy (non-hydrogen) atoms. The topological polar surface area (TPSA) is 71.1 Å². The first-order valence-electron chi connectivity index (χ1n) is 10.5. The zero-order valence-electron chi connectivity index (χ0n) is 19.2. The number of nitrogens with one attached hydrogen (secondary N) is 1. The standard InChI is InChI=1S/C24H30ClN3O4/c1-24(2,3)23(30)28-12-10-27(11-13-28)19-8-7-17(15-18(19)25)26-22(29)16-6-9-20(31-4)21(14-16)32-5/h6-9,14-15H,10-13H2,1-5H3,(H,26,29). The average molecular weight is 460 g/mol. The van der Waals surface area contributed by atoms with Gasteiger partial charge in [0, 0.05) is 42.8 Å². The third kappa shape index (κ3) is 5.27. The van der Waals surface area contributed by atoms with Crippen LogP contribution in [0.2, 0.25) is 5.02 Å². The monoisotopic (exact) mass is 459 g/mol. The van der Waals surface area contributed by atoms with Gasteiger partial charge in [-0.3, -0.25) is 9.59 Å². The smallest absolute Gasteiger partial charge is 0.255 e. The number of hydrogen-bond acceptors (Lipinski definition) is 5. The lowest BCUT2D eigenvalue weighted by atomic mass is 9.94. The summed E-state index contributed by atoms with van der Waals surface area (Å²) in [5.41, 5.74) is 1.55. The summed E-state index contributed by atoms with van der Waals surface area (Å²) in [5, 5.41) is 3.41. The van der Waals surface area contributed by atoms with Crippen LogP contribution in [-0.4, -0.2) is 57.1 Å². The molecular weight excluding hydrogens is 430 g/mol. The highest BCUT2D eigenvalue weighted by molar-refractivity contribution is 6.33. The molecule has 0 atom stereocenters. The highest BCUT2D eigenvalue weighted by atomic mass is 35.5. The molecule has 0 aliphatic carbocycles. The molecule has 1 heterocycles.